The van der Waals surface area contributed by atoms with Gasteiger partial charge in [0.2, 0.25) is 6.41 Å². The first-order valence-corrected chi connectivity index (χ1v) is 12.6. The van der Waals surface area contributed by atoms with Gasteiger partial charge in [-0.25, -0.2) is 8.78 Å². The van der Waals surface area contributed by atoms with Crippen LogP contribution in [0.15, 0.2) is 41.5 Å². The second kappa shape index (κ2) is 11.8. The fourth-order valence-corrected chi connectivity index (χ4v) is 4.92. The van der Waals surface area contributed by atoms with E-state index in [1.165, 1.54) is 36.9 Å². The molecule has 182 valence electrons. The number of halogens is 3. The molecule has 4 atom stereocenters. The molecule has 1 amide bonds. The number of pyridine rings is 1. The molecule has 2 aliphatic heterocycles. The minimum absolute atomic E-state index is 0.175. The smallest absolute Gasteiger partial charge is 0.209 e. The molecule has 2 aromatic rings. The highest BCUT2D eigenvalue weighted by Crippen LogP contribution is 2.54. The van der Waals surface area contributed by atoms with Gasteiger partial charge >= 0.3 is 0 Å². The number of amides is 1. The summed E-state index contributed by atoms with van der Waals surface area (Å²) in [5.41, 5.74) is 7.02. The molecular weight excluding hydrogens is 478 g/mol. The number of hydrogen-bond donors (Lipinski definition) is 1. The molecule has 1 aromatic heterocycles. The zero-order valence-electron chi connectivity index (χ0n) is 19.4. The Labute approximate surface area is 208 Å². The molecule has 2 fully saturated rings. The van der Waals surface area contributed by atoms with Crippen LogP contribution in [0.5, 0.6) is 0 Å². The Morgan fingerprint density at radius 1 is 1.29 bits per heavy atom. The van der Waals surface area contributed by atoms with E-state index < -0.39 is 5.83 Å². The Kier molecular flexibility index (Phi) is 9.08. The molecule has 1 aromatic carbocycles. The van der Waals surface area contributed by atoms with Crippen LogP contribution in [0.1, 0.15) is 56.5 Å². The summed E-state index contributed by atoms with van der Waals surface area (Å²) in [4.78, 5) is 20.1. The minimum atomic E-state index is -0.513. The summed E-state index contributed by atoms with van der Waals surface area (Å²) in [6, 6.07) is 7.79. The summed E-state index contributed by atoms with van der Waals surface area (Å²) >= 11 is 7.31. The second-order valence-electron chi connectivity index (χ2n) is 8.08. The molecule has 1 saturated heterocycles. The average molecular weight is 507 g/mol. The maximum absolute atomic E-state index is 14.4. The lowest BCUT2D eigenvalue weighted by atomic mass is 9.99. The van der Waals surface area contributed by atoms with E-state index in [-0.39, 0.29) is 17.6 Å². The van der Waals surface area contributed by atoms with Crippen LogP contribution >= 0.6 is 23.4 Å². The molecule has 5 rings (SSSR count). The molecule has 5 nitrogen and oxygen atoms in total. The largest absolute Gasteiger partial charge is 0.379 e. The van der Waals surface area contributed by atoms with Gasteiger partial charge in [-0.1, -0.05) is 43.3 Å². The monoisotopic (exact) mass is 506 g/mol. The fourth-order valence-electron chi connectivity index (χ4n) is 3.68. The zero-order valence-corrected chi connectivity index (χ0v) is 21.0. The maximum atomic E-state index is 14.4. The van der Waals surface area contributed by atoms with Crippen LogP contribution in [-0.2, 0) is 4.79 Å². The molecule has 0 spiro atoms. The average Bonchev–Trinajstić information content (AvgIpc) is 3.61. The van der Waals surface area contributed by atoms with Crippen LogP contribution in [-0.4, -0.2) is 39.3 Å². The summed E-state index contributed by atoms with van der Waals surface area (Å²) in [5, 5.41) is 1.34. The van der Waals surface area contributed by atoms with E-state index in [9.17, 15) is 13.6 Å². The molecule has 4 unspecified atom stereocenters. The Morgan fingerprint density at radius 2 is 2.06 bits per heavy atom. The number of benzene rings is 1. The number of nitrogens with two attached hydrogens (primary N) is 1. The summed E-state index contributed by atoms with van der Waals surface area (Å²) < 4.78 is 28.7. The van der Waals surface area contributed by atoms with Crippen LogP contribution in [0.4, 0.5) is 8.78 Å². The van der Waals surface area contributed by atoms with Crippen LogP contribution < -0.4 is 5.73 Å². The Bertz CT molecular complexity index is 1060. The quantitative estimate of drug-likeness (QED) is 0.509. The van der Waals surface area contributed by atoms with Gasteiger partial charge in [-0.2, -0.15) is 0 Å². The van der Waals surface area contributed by atoms with Gasteiger partial charge in [0.25, 0.3) is 0 Å². The van der Waals surface area contributed by atoms with E-state index >= 15 is 0 Å². The van der Waals surface area contributed by atoms with Crippen LogP contribution in [0.25, 0.3) is 11.9 Å². The lowest BCUT2D eigenvalue weighted by Crippen LogP contribution is -2.44. The summed E-state index contributed by atoms with van der Waals surface area (Å²) in [5.74, 6) is -0.559. The van der Waals surface area contributed by atoms with Crippen LogP contribution in [0, 0.1) is 11.7 Å². The Hall–Kier alpha value is -2.45. The van der Waals surface area contributed by atoms with E-state index in [1.54, 1.807) is 28.8 Å². The molecule has 2 N–H and O–H groups in total. The number of likely N-dealkylation sites (tertiary alicyclic amines) is 1. The predicted octanol–water partition coefficient (Wildman–Crippen LogP) is 6.10. The molecule has 1 saturated carbocycles. The summed E-state index contributed by atoms with van der Waals surface area (Å²) in [6.45, 7) is 7.02. The van der Waals surface area contributed by atoms with Crippen molar-refractivity contribution >= 4 is 46.8 Å². The standard InChI is InChI=1S/C18H14ClF2N3S.C5H9NO.C2H6/c19-10-2-4-15(23-8-10)14(21)6-9-1-3-13(20)11(5-9)17-12-7-16(12)25-18(22)24-17;1-5-2-3-6(5)4-7;1-2/h1-6,8,12,16-17H,7H2,(H2,22,24);4-5H,2-3H2,1H3;1-2H3/b14-6-;;. The van der Waals surface area contributed by atoms with Gasteiger partial charge in [0.15, 0.2) is 5.17 Å². The van der Waals surface area contributed by atoms with Gasteiger partial charge in [0.1, 0.15) is 11.6 Å². The second-order valence-corrected chi connectivity index (χ2v) is 9.78. The first-order valence-electron chi connectivity index (χ1n) is 11.3. The first kappa shape index (κ1) is 26.2. The Morgan fingerprint density at radius 3 is 2.62 bits per heavy atom. The highest BCUT2D eigenvalue weighted by Gasteiger charge is 2.48. The van der Waals surface area contributed by atoms with Crippen molar-refractivity contribution in [2.75, 3.05) is 6.54 Å². The summed E-state index contributed by atoms with van der Waals surface area (Å²) in [6.07, 6.45) is 5.77. The third-order valence-electron chi connectivity index (χ3n) is 5.83. The number of rotatable bonds is 4. The van der Waals surface area contributed by atoms with Crippen molar-refractivity contribution in [3.05, 3.63) is 64.2 Å². The van der Waals surface area contributed by atoms with E-state index in [4.69, 9.17) is 17.3 Å². The highest BCUT2D eigenvalue weighted by molar-refractivity contribution is 8.14. The molecular formula is C25H29ClF2N4OS. The van der Waals surface area contributed by atoms with Gasteiger partial charge in [-0.3, -0.25) is 14.8 Å². The Balaban J connectivity index is 0.000000306. The van der Waals surface area contributed by atoms with Crippen molar-refractivity contribution in [2.45, 2.75) is 50.9 Å². The van der Waals surface area contributed by atoms with Gasteiger partial charge in [-0.05, 0) is 61.6 Å². The maximum Gasteiger partial charge on any atom is 0.209 e. The highest BCUT2D eigenvalue weighted by atomic mass is 35.5. The topological polar surface area (TPSA) is 71.6 Å². The number of aliphatic imine (C=N–C) groups is 1. The van der Waals surface area contributed by atoms with E-state index in [2.05, 4.69) is 16.9 Å². The molecule has 34 heavy (non-hydrogen) atoms. The number of aromatic nitrogens is 1. The number of fused-ring (bicyclic) bond motifs is 1. The van der Waals surface area contributed by atoms with Crippen molar-refractivity contribution in [2.24, 2.45) is 16.6 Å². The molecule has 0 radical (unpaired) electrons. The predicted molar refractivity (Wildman–Crippen MR) is 137 cm³/mol. The lowest BCUT2D eigenvalue weighted by Gasteiger charge is -2.34. The number of thioether (sulfide) groups is 1. The van der Waals surface area contributed by atoms with Gasteiger partial charge < -0.3 is 10.6 Å². The van der Waals surface area contributed by atoms with Crippen molar-refractivity contribution in [3.8, 4) is 0 Å². The van der Waals surface area contributed by atoms with Crippen molar-refractivity contribution in [1.29, 1.82) is 0 Å². The van der Waals surface area contributed by atoms with E-state index in [1.807, 2.05) is 13.8 Å². The van der Waals surface area contributed by atoms with Crippen LogP contribution in [0.2, 0.25) is 5.02 Å². The van der Waals surface area contributed by atoms with Gasteiger partial charge in [-0.15, -0.1) is 0 Å². The molecule has 0 bridgehead atoms. The molecule has 9 heteroatoms. The fraction of sp³-hybridized carbons (Fsp3) is 0.400. The lowest BCUT2D eigenvalue weighted by molar-refractivity contribution is -0.124. The number of amidine groups is 1. The normalized spacial score (nSPS) is 24.8. The van der Waals surface area contributed by atoms with Crippen LogP contribution in [0.3, 0.4) is 0 Å². The van der Waals surface area contributed by atoms with Gasteiger partial charge in [0.05, 0.1) is 16.8 Å². The number of carbonyl (C=O) groups is 1. The van der Waals surface area contributed by atoms with Gasteiger partial charge in [0, 0.05) is 29.6 Å². The molecule has 3 heterocycles. The SMILES string of the molecule is CC.CC1CCN1C=O.NC1=NC(c2cc(/C=C(\F)c3ccc(Cl)cn3)ccc2F)C2CC2S1. The number of hydrogen-bond acceptors (Lipinski definition) is 5. The van der Waals surface area contributed by atoms with Crippen molar-refractivity contribution < 1.29 is 13.6 Å². The minimum Gasteiger partial charge on any atom is -0.379 e. The van der Waals surface area contributed by atoms with E-state index in [0.717, 1.165) is 19.4 Å². The number of nitrogens with zero attached hydrogens (tertiary/aromatic N) is 3. The third kappa shape index (κ3) is 6.36. The van der Waals surface area contributed by atoms with E-state index in [0.29, 0.717) is 38.5 Å². The molecule has 3 aliphatic rings. The first-order chi connectivity index (χ1) is 16.4. The third-order valence-corrected chi connectivity index (χ3v) is 7.25. The molecule has 1 aliphatic carbocycles. The summed E-state index contributed by atoms with van der Waals surface area (Å²) in [7, 11) is 0. The van der Waals surface area contributed by atoms with Crippen molar-refractivity contribution in [1.82, 2.24) is 9.88 Å². The van der Waals surface area contributed by atoms with Crippen molar-refractivity contribution in [3.63, 3.8) is 0 Å². The zero-order chi connectivity index (χ0) is 24.8. The number of carbonyl (C=O) groups excluding carboxylic acids is 1.